The Balaban J connectivity index is 1.38. The molecule has 1 aromatic carbocycles. The van der Waals surface area contributed by atoms with Crippen LogP contribution in [0, 0.1) is 0 Å². The summed E-state index contributed by atoms with van der Waals surface area (Å²) in [5.74, 6) is 1.03. The van der Waals surface area contributed by atoms with Crippen LogP contribution in [0.3, 0.4) is 0 Å². The number of nitrogens with zero attached hydrogens (tertiary/aromatic N) is 4. The van der Waals surface area contributed by atoms with Crippen molar-refractivity contribution >= 4 is 5.97 Å². The molecule has 0 unspecified atom stereocenters. The van der Waals surface area contributed by atoms with E-state index in [1.54, 1.807) is 7.05 Å². The fourth-order valence-electron chi connectivity index (χ4n) is 3.92. The third-order valence-corrected chi connectivity index (χ3v) is 5.63. The number of aryl methyl sites for hydroxylation is 1. The van der Waals surface area contributed by atoms with Gasteiger partial charge in [0.2, 0.25) is 0 Å². The number of methoxy groups -OCH3 is 1. The molecule has 0 N–H and O–H groups in total. The van der Waals surface area contributed by atoms with Crippen molar-refractivity contribution in [1.82, 2.24) is 19.2 Å². The number of esters is 1. The second-order valence-electron chi connectivity index (χ2n) is 7.60. The number of benzene rings is 1. The summed E-state index contributed by atoms with van der Waals surface area (Å²) in [6, 6.07) is 7.98. The van der Waals surface area contributed by atoms with E-state index in [1.807, 2.05) is 28.8 Å². The second kappa shape index (κ2) is 7.31. The molecule has 4 rings (SSSR count). The summed E-state index contributed by atoms with van der Waals surface area (Å²) >= 11 is 0. The minimum atomic E-state index is -0.306. The average molecular weight is 370 g/mol. The quantitative estimate of drug-likeness (QED) is 0.754. The number of piperidine rings is 1. The van der Waals surface area contributed by atoms with Gasteiger partial charge in [-0.05, 0) is 56.5 Å². The van der Waals surface area contributed by atoms with E-state index in [1.165, 1.54) is 17.4 Å². The molecule has 27 heavy (non-hydrogen) atoms. The Morgan fingerprint density at radius 1 is 1.15 bits per heavy atom. The van der Waals surface area contributed by atoms with E-state index in [0.29, 0.717) is 17.5 Å². The number of ether oxygens (including phenoxy) is 1. The molecule has 7 heteroatoms. The van der Waals surface area contributed by atoms with E-state index in [2.05, 4.69) is 10.00 Å². The van der Waals surface area contributed by atoms with Crippen LogP contribution >= 0.6 is 0 Å². The number of hydrogen-bond donors (Lipinski definition) is 0. The van der Waals surface area contributed by atoms with Crippen LogP contribution in [0.5, 0.6) is 0 Å². The second-order valence-corrected chi connectivity index (χ2v) is 7.60. The van der Waals surface area contributed by atoms with Gasteiger partial charge in [-0.25, -0.2) is 14.3 Å². The Morgan fingerprint density at radius 2 is 1.81 bits per heavy atom. The van der Waals surface area contributed by atoms with Gasteiger partial charge >= 0.3 is 11.7 Å². The highest BCUT2D eigenvalue weighted by Gasteiger charge is 2.33. The first-order chi connectivity index (χ1) is 13.1. The molecule has 0 amide bonds. The molecule has 1 saturated carbocycles. The van der Waals surface area contributed by atoms with E-state index in [0.717, 1.165) is 51.1 Å². The number of likely N-dealkylation sites (tertiary alicyclic amines) is 1. The lowest BCUT2D eigenvalue weighted by molar-refractivity contribution is 0.0600. The predicted octanol–water partition coefficient (Wildman–Crippen LogP) is 2.08. The van der Waals surface area contributed by atoms with Crippen molar-refractivity contribution < 1.29 is 9.53 Å². The topological polar surface area (TPSA) is 69.4 Å². The summed E-state index contributed by atoms with van der Waals surface area (Å²) in [4.78, 5) is 26.3. The predicted molar refractivity (Wildman–Crippen MR) is 101 cm³/mol. The molecule has 1 aliphatic heterocycles. The van der Waals surface area contributed by atoms with Crippen LogP contribution in [0.4, 0.5) is 0 Å². The highest BCUT2D eigenvalue weighted by Crippen LogP contribution is 2.37. The van der Waals surface area contributed by atoms with Gasteiger partial charge in [-0.1, -0.05) is 12.1 Å². The van der Waals surface area contributed by atoms with Crippen LogP contribution in [-0.4, -0.2) is 45.4 Å². The lowest BCUT2D eigenvalue weighted by Crippen LogP contribution is -2.33. The van der Waals surface area contributed by atoms with Crippen molar-refractivity contribution in [2.45, 2.75) is 44.2 Å². The van der Waals surface area contributed by atoms with Crippen LogP contribution in [-0.2, 0) is 18.3 Å². The van der Waals surface area contributed by atoms with E-state index in [-0.39, 0.29) is 11.7 Å². The fraction of sp³-hybridized carbons (Fsp3) is 0.550. The van der Waals surface area contributed by atoms with Gasteiger partial charge in [-0.2, -0.15) is 5.10 Å². The van der Waals surface area contributed by atoms with Crippen molar-refractivity contribution in [3.8, 4) is 0 Å². The van der Waals surface area contributed by atoms with Crippen LogP contribution in [0.25, 0.3) is 0 Å². The molecule has 2 aromatic rings. The highest BCUT2D eigenvalue weighted by atomic mass is 16.5. The minimum absolute atomic E-state index is 0.0284. The zero-order valence-electron chi connectivity index (χ0n) is 15.9. The van der Waals surface area contributed by atoms with Gasteiger partial charge < -0.3 is 4.74 Å². The average Bonchev–Trinajstić information content (AvgIpc) is 3.48. The number of hydrogen-bond acceptors (Lipinski definition) is 5. The maximum atomic E-state index is 12.3. The van der Waals surface area contributed by atoms with Gasteiger partial charge in [0.15, 0.2) is 0 Å². The molecule has 1 aliphatic carbocycles. The van der Waals surface area contributed by atoms with E-state index < -0.39 is 0 Å². The van der Waals surface area contributed by atoms with Gasteiger partial charge in [-0.3, -0.25) is 9.47 Å². The monoisotopic (exact) mass is 370 g/mol. The highest BCUT2D eigenvalue weighted by molar-refractivity contribution is 5.89. The molecule has 0 bridgehead atoms. The van der Waals surface area contributed by atoms with Crippen molar-refractivity contribution in [3.05, 3.63) is 51.7 Å². The summed E-state index contributed by atoms with van der Waals surface area (Å²) in [5, 5.41) is 4.54. The molecule has 0 atom stereocenters. The molecular formula is C20H26N4O3. The van der Waals surface area contributed by atoms with Gasteiger partial charge in [0, 0.05) is 25.6 Å². The maximum absolute atomic E-state index is 12.3. The van der Waals surface area contributed by atoms with Gasteiger partial charge in [0.05, 0.1) is 12.7 Å². The first-order valence-corrected chi connectivity index (χ1v) is 9.62. The summed E-state index contributed by atoms with van der Waals surface area (Å²) in [6.07, 6.45) is 4.23. The smallest absolute Gasteiger partial charge is 0.345 e. The molecular weight excluding hydrogens is 344 g/mol. The SMILES string of the molecule is COC(=O)c1ccc(CN2CCC(c3nn(C)c(=O)n3C3CC3)CC2)cc1. The van der Waals surface area contributed by atoms with Gasteiger partial charge in [0.25, 0.3) is 0 Å². The van der Waals surface area contributed by atoms with Crippen LogP contribution < -0.4 is 5.69 Å². The van der Waals surface area contributed by atoms with Crippen LogP contribution in [0.2, 0.25) is 0 Å². The van der Waals surface area contributed by atoms with Crippen molar-refractivity contribution in [2.75, 3.05) is 20.2 Å². The van der Waals surface area contributed by atoms with Crippen molar-refractivity contribution in [1.29, 1.82) is 0 Å². The molecule has 1 aromatic heterocycles. The first kappa shape index (κ1) is 18.0. The summed E-state index contributed by atoms with van der Waals surface area (Å²) in [5.41, 5.74) is 1.79. The molecule has 7 nitrogen and oxygen atoms in total. The standard InChI is InChI=1S/C20H26N4O3/c1-22-20(26)24(17-7-8-17)18(21-22)15-9-11-23(12-10-15)13-14-3-5-16(6-4-14)19(25)27-2/h3-6,15,17H,7-13H2,1-2H3. The Hall–Kier alpha value is -2.41. The third-order valence-electron chi connectivity index (χ3n) is 5.63. The first-order valence-electron chi connectivity index (χ1n) is 9.62. The summed E-state index contributed by atoms with van der Waals surface area (Å²) in [6.45, 7) is 2.84. The maximum Gasteiger partial charge on any atom is 0.345 e. The number of aromatic nitrogens is 3. The largest absolute Gasteiger partial charge is 0.465 e. The molecule has 144 valence electrons. The lowest BCUT2D eigenvalue weighted by Gasteiger charge is -2.31. The Bertz CT molecular complexity index is 872. The lowest BCUT2D eigenvalue weighted by atomic mass is 9.95. The van der Waals surface area contributed by atoms with Crippen LogP contribution in [0.15, 0.2) is 29.1 Å². The van der Waals surface area contributed by atoms with Crippen LogP contribution in [0.1, 0.15) is 59.4 Å². The molecule has 2 aliphatic rings. The number of carbonyl (C=O) groups excluding carboxylic acids is 1. The molecule has 2 heterocycles. The molecule has 2 fully saturated rings. The number of carbonyl (C=O) groups is 1. The summed E-state index contributed by atoms with van der Waals surface area (Å²) in [7, 11) is 3.14. The molecule has 0 spiro atoms. The zero-order chi connectivity index (χ0) is 19.0. The zero-order valence-corrected chi connectivity index (χ0v) is 15.9. The van der Waals surface area contributed by atoms with E-state index >= 15 is 0 Å². The number of rotatable bonds is 5. The normalized spacial score (nSPS) is 18.6. The van der Waals surface area contributed by atoms with E-state index in [9.17, 15) is 9.59 Å². The minimum Gasteiger partial charge on any atom is -0.465 e. The van der Waals surface area contributed by atoms with Gasteiger partial charge in [0.1, 0.15) is 5.82 Å². The summed E-state index contributed by atoms with van der Waals surface area (Å²) < 4.78 is 8.16. The Morgan fingerprint density at radius 3 is 2.41 bits per heavy atom. The Labute approximate surface area is 158 Å². The van der Waals surface area contributed by atoms with Crippen molar-refractivity contribution in [2.24, 2.45) is 7.05 Å². The van der Waals surface area contributed by atoms with Crippen molar-refractivity contribution in [3.63, 3.8) is 0 Å². The van der Waals surface area contributed by atoms with Gasteiger partial charge in [-0.15, -0.1) is 0 Å². The molecule has 0 radical (unpaired) electrons. The third kappa shape index (κ3) is 3.69. The fourth-order valence-corrected chi connectivity index (χ4v) is 3.92. The molecule has 1 saturated heterocycles. The Kier molecular flexibility index (Phi) is 4.86. The van der Waals surface area contributed by atoms with E-state index in [4.69, 9.17) is 4.74 Å².